The molecule has 0 unspecified atom stereocenters. The molecule has 1 aromatic rings. The number of nitrogens with one attached hydrogen (secondary N) is 2. The molecule has 2 atom stereocenters. The lowest BCUT2D eigenvalue weighted by Gasteiger charge is -2.31. The first kappa shape index (κ1) is 19.4. The van der Waals surface area contributed by atoms with Gasteiger partial charge in [0.25, 0.3) is 11.8 Å². The van der Waals surface area contributed by atoms with Crippen LogP contribution in [0.15, 0.2) is 24.3 Å². The molecule has 2 N–H and O–H groups in total. The molecule has 1 heterocycles. The van der Waals surface area contributed by atoms with Crippen LogP contribution in [0.4, 0.5) is 5.69 Å². The highest BCUT2D eigenvalue weighted by Gasteiger charge is 2.27. The van der Waals surface area contributed by atoms with Crippen LogP contribution in [0.5, 0.6) is 0 Å². The summed E-state index contributed by atoms with van der Waals surface area (Å²) in [5, 5.41) is 2.92. The van der Waals surface area contributed by atoms with Crippen molar-refractivity contribution < 1.29 is 19.2 Å². The summed E-state index contributed by atoms with van der Waals surface area (Å²) in [5.74, 6) is 0.00253. The Morgan fingerprint density at radius 2 is 1.68 bits per heavy atom. The number of amides is 2. The Hall–Kier alpha value is -1.92. The summed E-state index contributed by atoms with van der Waals surface area (Å²) < 4.78 is 5.70. The number of carbonyl (C=O) groups excluding carboxylic acids is 2. The lowest BCUT2D eigenvalue weighted by atomic mass is 10.1. The van der Waals surface area contributed by atoms with E-state index in [2.05, 4.69) is 5.32 Å². The van der Waals surface area contributed by atoms with Crippen LogP contribution in [0.25, 0.3) is 0 Å². The third kappa shape index (κ3) is 5.54. The van der Waals surface area contributed by atoms with E-state index in [4.69, 9.17) is 4.74 Å². The minimum Gasteiger partial charge on any atom is -0.364 e. The van der Waals surface area contributed by atoms with Crippen LogP contribution < -0.4 is 10.2 Å². The summed E-state index contributed by atoms with van der Waals surface area (Å²) in [6.07, 6.45) is 0.355. The monoisotopic (exact) mass is 348 g/mol. The minimum atomic E-state index is -0.0147. The number of quaternary nitrogens is 1. The number of anilines is 1. The fourth-order valence-corrected chi connectivity index (χ4v) is 3.36. The molecule has 1 aliphatic rings. The summed E-state index contributed by atoms with van der Waals surface area (Å²) in [5.41, 5.74) is 1.36. The molecule has 0 radical (unpaired) electrons. The molecular weight excluding hydrogens is 318 g/mol. The third-order valence-electron chi connectivity index (χ3n) is 4.49. The summed E-state index contributed by atoms with van der Waals surface area (Å²) in [6, 6.07) is 7.10. The Kier molecular flexibility index (Phi) is 6.96. The molecule has 138 valence electrons. The van der Waals surface area contributed by atoms with Crippen molar-refractivity contribution in [3.63, 3.8) is 0 Å². The van der Waals surface area contributed by atoms with Crippen molar-refractivity contribution in [3.05, 3.63) is 29.8 Å². The smallest absolute Gasteiger partial charge is 0.279 e. The topological polar surface area (TPSA) is 63.1 Å². The van der Waals surface area contributed by atoms with E-state index in [1.807, 2.05) is 27.7 Å². The van der Waals surface area contributed by atoms with E-state index in [0.717, 1.165) is 18.8 Å². The van der Waals surface area contributed by atoms with E-state index < -0.39 is 0 Å². The van der Waals surface area contributed by atoms with Gasteiger partial charge in [-0.2, -0.15) is 0 Å². The van der Waals surface area contributed by atoms with Gasteiger partial charge in [-0.25, -0.2) is 0 Å². The van der Waals surface area contributed by atoms with Crippen molar-refractivity contribution in [3.8, 4) is 0 Å². The zero-order chi connectivity index (χ0) is 18.4. The second-order valence-corrected chi connectivity index (χ2v) is 6.70. The van der Waals surface area contributed by atoms with Gasteiger partial charge in [0.1, 0.15) is 25.3 Å². The van der Waals surface area contributed by atoms with Crippen molar-refractivity contribution in [2.45, 2.75) is 39.9 Å². The quantitative estimate of drug-likeness (QED) is 0.799. The summed E-state index contributed by atoms with van der Waals surface area (Å²) in [6.45, 7) is 11.5. The van der Waals surface area contributed by atoms with Gasteiger partial charge in [0.05, 0.1) is 0 Å². The molecular formula is C19H30N3O3+. The molecule has 1 aromatic carbocycles. The normalized spacial score (nSPS) is 23.1. The summed E-state index contributed by atoms with van der Waals surface area (Å²) >= 11 is 0. The zero-order valence-electron chi connectivity index (χ0n) is 15.7. The first-order valence-corrected chi connectivity index (χ1v) is 9.11. The van der Waals surface area contributed by atoms with Crippen molar-refractivity contribution >= 4 is 17.5 Å². The number of rotatable bonds is 6. The molecule has 0 spiro atoms. The maximum absolute atomic E-state index is 12.3. The highest BCUT2D eigenvalue weighted by Crippen LogP contribution is 2.11. The molecule has 0 saturated carbocycles. The van der Waals surface area contributed by atoms with Crippen LogP contribution in [-0.2, 0) is 9.53 Å². The molecule has 25 heavy (non-hydrogen) atoms. The molecule has 6 nitrogen and oxygen atoms in total. The van der Waals surface area contributed by atoms with E-state index in [1.54, 1.807) is 29.2 Å². The first-order valence-electron chi connectivity index (χ1n) is 9.11. The number of hydrogen-bond donors (Lipinski definition) is 2. The highest BCUT2D eigenvalue weighted by molar-refractivity contribution is 5.96. The number of carbonyl (C=O) groups is 2. The largest absolute Gasteiger partial charge is 0.364 e. The predicted octanol–water partition coefficient (Wildman–Crippen LogP) is 0.799. The van der Waals surface area contributed by atoms with Crippen LogP contribution in [0.3, 0.4) is 0 Å². The Morgan fingerprint density at radius 1 is 1.12 bits per heavy atom. The number of benzene rings is 1. The molecule has 1 fully saturated rings. The number of hydrogen-bond acceptors (Lipinski definition) is 3. The highest BCUT2D eigenvalue weighted by atomic mass is 16.5. The van der Waals surface area contributed by atoms with E-state index >= 15 is 0 Å². The van der Waals surface area contributed by atoms with E-state index in [-0.39, 0.29) is 24.0 Å². The van der Waals surface area contributed by atoms with E-state index in [9.17, 15) is 9.59 Å². The Labute approximate surface area is 150 Å². The van der Waals surface area contributed by atoms with Gasteiger partial charge in [-0.1, -0.05) is 0 Å². The Bertz CT molecular complexity index is 574. The van der Waals surface area contributed by atoms with Gasteiger partial charge in [0.15, 0.2) is 6.54 Å². The average molecular weight is 348 g/mol. The van der Waals surface area contributed by atoms with Crippen molar-refractivity contribution in [2.75, 3.05) is 38.0 Å². The minimum absolute atomic E-state index is 0.0147. The van der Waals surface area contributed by atoms with Gasteiger partial charge in [0, 0.05) is 24.3 Å². The molecule has 2 amide bonds. The number of morpholine rings is 1. The maximum Gasteiger partial charge on any atom is 0.279 e. The lowest BCUT2D eigenvalue weighted by Crippen LogP contribution is -3.16. The second kappa shape index (κ2) is 8.97. The Balaban J connectivity index is 1.90. The summed E-state index contributed by atoms with van der Waals surface area (Å²) in [4.78, 5) is 27.6. The van der Waals surface area contributed by atoms with E-state index in [1.165, 1.54) is 4.90 Å². The Morgan fingerprint density at radius 3 is 2.20 bits per heavy atom. The van der Waals surface area contributed by atoms with Crippen LogP contribution in [-0.4, -0.2) is 61.6 Å². The third-order valence-corrected chi connectivity index (χ3v) is 4.49. The fraction of sp³-hybridized carbons (Fsp3) is 0.579. The second-order valence-electron chi connectivity index (χ2n) is 6.70. The van der Waals surface area contributed by atoms with Crippen LogP contribution in [0.2, 0.25) is 0 Å². The standard InChI is InChI=1S/C19H29N3O3/c1-5-22(6-2)19(24)16-7-9-17(10-8-16)20-18(23)13-21-11-14(3)25-15(4)12-21/h7-10,14-15H,5-6,11-13H2,1-4H3,(H,20,23)/p+1/t14-,15-/m1/s1. The molecule has 0 aliphatic carbocycles. The molecule has 1 saturated heterocycles. The van der Waals surface area contributed by atoms with Crippen LogP contribution >= 0.6 is 0 Å². The molecule has 1 aliphatic heterocycles. The SMILES string of the molecule is CCN(CC)C(=O)c1ccc(NC(=O)C[NH+]2C[C@@H](C)O[C@H](C)C2)cc1. The van der Waals surface area contributed by atoms with Gasteiger partial charge in [0.2, 0.25) is 0 Å². The molecule has 6 heteroatoms. The molecule has 0 bridgehead atoms. The maximum atomic E-state index is 12.3. The van der Waals surface area contributed by atoms with Crippen LogP contribution in [0.1, 0.15) is 38.1 Å². The lowest BCUT2D eigenvalue weighted by molar-refractivity contribution is -0.907. The van der Waals surface area contributed by atoms with Crippen molar-refractivity contribution in [1.29, 1.82) is 0 Å². The van der Waals surface area contributed by atoms with Gasteiger partial charge in [-0.3, -0.25) is 9.59 Å². The number of nitrogens with zero attached hydrogens (tertiary/aromatic N) is 1. The molecule has 0 aromatic heterocycles. The predicted molar refractivity (Wildman–Crippen MR) is 97.9 cm³/mol. The van der Waals surface area contributed by atoms with Gasteiger partial charge < -0.3 is 19.9 Å². The van der Waals surface area contributed by atoms with Crippen LogP contribution in [0, 0.1) is 0 Å². The van der Waals surface area contributed by atoms with Crippen molar-refractivity contribution in [1.82, 2.24) is 4.90 Å². The van der Waals surface area contributed by atoms with Gasteiger partial charge in [-0.15, -0.1) is 0 Å². The number of ether oxygens (including phenoxy) is 1. The van der Waals surface area contributed by atoms with Crippen molar-refractivity contribution in [2.24, 2.45) is 0 Å². The molecule has 2 rings (SSSR count). The zero-order valence-corrected chi connectivity index (χ0v) is 15.7. The average Bonchev–Trinajstić information content (AvgIpc) is 2.55. The first-order chi connectivity index (χ1) is 11.9. The summed E-state index contributed by atoms with van der Waals surface area (Å²) in [7, 11) is 0. The van der Waals surface area contributed by atoms with Gasteiger partial charge >= 0.3 is 0 Å². The van der Waals surface area contributed by atoms with Gasteiger partial charge in [-0.05, 0) is 52.0 Å². The fourth-order valence-electron chi connectivity index (χ4n) is 3.36. The van der Waals surface area contributed by atoms with E-state index in [0.29, 0.717) is 25.2 Å².